The van der Waals surface area contributed by atoms with Crippen LogP contribution >= 0.6 is 0 Å². The van der Waals surface area contributed by atoms with Crippen molar-refractivity contribution in [2.75, 3.05) is 13.1 Å². The van der Waals surface area contributed by atoms with Crippen LogP contribution in [-0.4, -0.2) is 29.9 Å². The second-order valence-corrected chi connectivity index (χ2v) is 3.61. The van der Waals surface area contributed by atoms with Crippen molar-refractivity contribution in [3.8, 4) is 0 Å². The third-order valence-electron chi connectivity index (χ3n) is 2.56. The molecule has 76 valence electrons. The van der Waals surface area contributed by atoms with Crippen LogP contribution in [0.2, 0.25) is 0 Å². The molecule has 1 amide bonds. The largest absolute Gasteiger partial charge is 0.459 e. The normalized spacial score (nSPS) is 18.5. The van der Waals surface area contributed by atoms with E-state index in [-0.39, 0.29) is 11.9 Å². The average Bonchev–Trinajstić information content (AvgIpc) is 2.71. The van der Waals surface area contributed by atoms with Crippen molar-refractivity contribution >= 4 is 5.91 Å². The summed E-state index contributed by atoms with van der Waals surface area (Å²) >= 11 is 0. The number of furan rings is 1. The highest BCUT2D eigenvalue weighted by Gasteiger charge is 2.22. The van der Waals surface area contributed by atoms with Crippen LogP contribution in [0.3, 0.4) is 0 Å². The lowest BCUT2D eigenvalue weighted by atomic mass is 10.1. The maximum Gasteiger partial charge on any atom is 0.289 e. The Bertz CT molecular complexity index is 300. The summed E-state index contributed by atoms with van der Waals surface area (Å²) in [5.74, 6) is 0.391. The van der Waals surface area contributed by atoms with Crippen molar-refractivity contribution in [2.45, 2.75) is 18.9 Å². The number of hydrogen-bond donors (Lipinski definition) is 1. The number of rotatable bonds is 1. The first kappa shape index (κ1) is 9.27. The number of amides is 1. The van der Waals surface area contributed by atoms with E-state index in [0.717, 1.165) is 25.9 Å². The fourth-order valence-corrected chi connectivity index (χ4v) is 1.66. The molecule has 0 atom stereocenters. The van der Waals surface area contributed by atoms with Gasteiger partial charge in [0.2, 0.25) is 0 Å². The van der Waals surface area contributed by atoms with E-state index in [2.05, 4.69) is 0 Å². The molecule has 1 fully saturated rings. The number of carbonyl (C=O) groups excluding carboxylic acids is 1. The molecule has 1 aliphatic heterocycles. The van der Waals surface area contributed by atoms with Gasteiger partial charge in [-0.1, -0.05) is 0 Å². The molecule has 0 aliphatic carbocycles. The summed E-state index contributed by atoms with van der Waals surface area (Å²) in [5.41, 5.74) is 5.75. The Morgan fingerprint density at radius 2 is 2.21 bits per heavy atom. The van der Waals surface area contributed by atoms with Gasteiger partial charge in [0.25, 0.3) is 5.91 Å². The zero-order chi connectivity index (χ0) is 9.97. The molecular formula is C10H14N2O2. The van der Waals surface area contributed by atoms with E-state index < -0.39 is 0 Å². The van der Waals surface area contributed by atoms with Gasteiger partial charge in [0.15, 0.2) is 5.76 Å². The zero-order valence-corrected chi connectivity index (χ0v) is 7.98. The van der Waals surface area contributed by atoms with E-state index >= 15 is 0 Å². The summed E-state index contributed by atoms with van der Waals surface area (Å²) in [6.07, 6.45) is 3.28. The molecule has 0 aromatic carbocycles. The van der Waals surface area contributed by atoms with E-state index in [1.807, 2.05) is 0 Å². The van der Waals surface area contributed by atoms with Crippen molar-refractivity contribution in [3.05, 3.63) is 24.2 Å². The maximum absolute atomic E-state index is 11.8. The van der Waals surface area contributed by atoms with Gasteiger partial charge in [0.1, 0.15) is 0 Å². The lowest BCUT2D eigenvalue weighted by Crippen LogP contribution is -2.42. The van der Waals surface area contributed by atoms with Gasteiger partial charge in [-0.15, -0.1) is 0 Å². The van der Waals surface area contributed by atoms with Gasteiger partial charge in [0.05, 0.1) is 6.26 Å². The van der Waals surface area contributed by atoms with Crippen LogP contribution in [-0.2, 0) is 0 Å². The highest BCUT2D eigenvalue weighted by atomic mass is 16.3. The quantitative estimate of drug-likeness (QED) is 0.720. The Hall–Kier alpha value is -1.29. The summed E-state index contributed by atoms with van der Waals surface area (Å²) in [6.45, 7) is 1.47. The molecule has 0 saturated carbocycles. The van der Waals surface area contributed by atoms with Gasteiger partial charge < -0.3 is 15.1 Å². The Kier molecular flexibility index (Phi) is 2.54. The fourth-order valence-electron chi connectivity index (χ4n) is 1.66. The molecular weight excluding hydrogens is 180 g/mol. The number of nitrogens with two attached hydrogens (primary N) is 1. The van der Waals surface area contributed by atoms with Gasteiger partial charge >= 0.3 is 0 Å². The predicted molar refractivity (Wildman–Crippen MR) is 51.8 cm³/mol. The van der Waals surface area contributed by atoms with Crippen LogP contribution in [0.5, 0.6) is 0 Å². The maximum atomic E-state index is 11.8. The minimum atomic E-state index is -0.0260. The van der Waals surface area contributed by atoms with Crippen LogP contribution in [0, 0.1) is 0 Å². The predicted octanol–water partition coefficient (Wildman–Crippen LogP) is 0.843. The topological polar surface area (TPSA) is 59.5 Å². The van der Waals surface area contributed by atoms with Gasteiger partial charge in [-0.3, -0.25) is 4.79 Å². The Morgan fingerprint density at radius 3 is 2.79 bits per heavy atom. The lowest BCUT2D eigenvalue weighted by molar-refractivity contribution is 0.0682. The highest BCUT2D eigenvalue weighted by molar-refractivity contribution is 5.91. The number of carbonyl (C=O) groups is 1. The Morgan fingerprint density at radius 1 is 1.50 bits per heavy atom. The molecule has 4 heteroatoms. The van der Waals surface area contributed by atoms with E-state index in [0.29, 0.717) is 5.76 Å². The molecule has 1 saturated heterocycles. The molecule has 0 unspecified atom stereocenters. The summed E-state index contributed by atoms with van der Waals surface area (Å²) in [6, 6.07) is 3.66. The molecule has 0 spiro atoms. The number of piperidine rings is 1. The van der Waals surface area contributed by atoms with E-state index in [9.17, 15) is 4.79 Å². The third kappa shape index (κ3) is 1.80. The van der Waals surface area contributed by atoms with Gasteiger partial charge in [0, 0.05) is 19.1 Å². The van der Waals surface area contributed by atoms with Gasteiger partial charge in [-0.25, -0.2) is 0 Å². The van der Waals surface area contributed by atoms with Crippen LogP contribution in [0.25, 0.3) is 0 Å². The Labute approximate surface area is 82.7 Å². The smallest absolute Gasteiger partial charge is 0.289 e. The van der Waals surface area contributed by atoms with E-state index in [1.165, 1.54) is 6.26 Å². The number of hydrogen-bond acceptors (Lipinski definition) is 3. The summed E-state index contributed by atoms with van der Waals surface area (Å²) in [5, 5.41) is 0. The van der Waals surface area contributed by atoms with Crippen molar-refractivity contribution < 1.29 is 9.21 Å². The SMILES string of the molecule is NC1CCN(C(=O)c2ccco2)CC1. The first-order chi connectivity index (χ1) is 6.77. The van der Waals surface area contributed by atoms with Crippen molar-refractivity contribution in [1.29, 1.82) is 0 Å². The minimum Gasteiger partial charge on any atom is -0.459 e. The second-order valence-electron chi connectivity index (χ2n) is 3.61. The molecule has 0 radical (unpaired) electrons. The average molecular weight is 194 g/mol. The van der Waals surface area contributed by atoms with Crippen LogP contribution in [0.4, 0.5) is 0 Å². The molecule has 0 bridgehead atoms. The van der Waals surface area contributed by atoms with Crippen molar-refractivity contribution in [1.82, 2.24) is 4.90 Å². The van der Waals surface area contributed by atoms with Gasteiger partial charge in [-0.05, 0) is 25.0 Å². The van der Waals surface area contributed by atoms with Crippen LogP contribution in [0.15, 0.2) is 22.8 Å². The molecule has 14 heavy (non-hydrogen) atoms. The van der Waals surface area contributed by atoms with Gasteiger partial charge in [-0.2, -0.15) is 0 Å². The van der Waals surface area contributed by atoms with Crippen LogP contribution in [0.1, 0.15) is 23.4 Å². The summed E-state index contributed by atoms with van der Waals surface area (Å²) < 4.78 is 5.05. The summed E-state index contributed by atoms with van der Waals surface area (Å²) in [4.78, 5) is 13.6. The first-order valence-corrected chi connectivity index (χ1v) is 4.86. The molecule has 1 aromatic heterocycles. The minimum absolute atomic E-state index is 0.0260. The number of likely N-dealkylation sites (tertiary alicyclic amines) is 1. The second kappa shape index (κ2) is 3.84. The van der Waals surface area contributed by atoms with E-state index in [1.54, 1.807) is 17.0 Å². The van der Waals surface area contributed by atoms with E-state index in [4.69, 9.17) is 10.2 Å². The van der Waals surface area contributed by atoms with Crippen LogP contribution < -0.4 is 5.73 Å². The standard InChI is InChI=1S/C10H14N2O2/c11-8-3-5-12(6-4-8)10(13)9-2-1-7-14-9/h1-2,7-8H,3-6,11H2. The molecule has 2 rings (SSSR count). The molecule has 2 N–H and O–H groups in total. The first-order valence-electron chi connectivity index (χ1n) is 4.86. The van der Waals surface area contributed by atoms with Crippen molar-refractivity contribution in [2.24, 2.45) is 5.73 Å². The fraction of sp³-hybridized carbons (Fsp3) is 0.500. The molecule has 1 aliphatic rings. The number of nitrogens with zero attached hydrogens (tertiary/aromatic N) is 1. The molecule has 1 aromatic rings. The summed E-state index contributed by atoms with van der Waals surface area (Å²) in [7, 11) is 0. The molecule has 2 heterocycles. The third-order valence-corrected chi connectivity index (χ3v) is 2.56. The van der Waals surface area contributed by atoms with Crippen molar-refractivity contribution in [3.63, 3.8) is 0 Å². The Balaban J connectivity index is 1.99. The highest BCUT2D eigenvalue weighted by Crippen LogP contribution is 2.12. The monoisotopic (exact) mass is 194 g/mol. The molecule has 4 nitrogen and oxygen atoms in total. The lowest BCUT2D eigenvalue weighted by Gasteiger charge is -2.29. The zero-order valence-electron chi connectivity index (χ0n) is 7.98.